The van der Waals surface area contributed by atoms with Gasteiger partial charge in [-0.15, -0.1) is 36.2 Å². The third-order valence-corrected chi connectivity index (χ3v) is 4.27. The second-order valence-electron chi connectivity index (χ2n) is 4.73. The van der Waals surface area contributed by atoms with E-state index in [0.29, 0.717) is 6.42 Å². The minimum atomic E-state index is -0.338. The van der Waals surface area contributed by atoms with Crippen molar-refractivity contribution in [3.8, 4) is 0 Å². The van der Waals surface area contributed by atoms with Crippen LogP contribution in [0.15, 0.2) is 5.38 Å². The van der Waals surface area contributed by atoms with Crippen molar-refractivity contribution < 1.29 is 4.79 Å². The smallest absolute Gasteiger partial charge is 0.220 e. The first kappa shape index (κ1) is 21.9. The topological polar surface area (TPSA) is 54.0 Å². The summed E-state index contributed by atoms with van der Waals surface area (Å²) in [6.07, 6.45) is 2.26. The molecule has 20 heavy (non-hydrogen) atoms. The van der Waals surface area contributed by atoms with Crippen LogP contribution in [-0.4, -0.2) is 24.5 Å². The molecule has 1 atom stereocenters. The summed E-state index contributed by atoms with van der Waals surface area (Å²) in [5.41, 5.74) is 0.675. The Morgan fingerprint density at radius 1 is 1.45 bits per heavy atom. The number of aromatic nitrogens is 1. The Kier molecular flexibility index (Phi) is 11.4. The van der Waals surface area contributed by atoms with Crippen LogP contribution in [0.3, 0.4) is 0 Å². The first-order valence-electron chi connectivity index (χ1n) is 6.40. The fourth-order valence-corrected chi connectivity index (χ4v) is 2.68. The van der Waals surface area contributed by atoms with Gasteiger partial charge in [0.2, 0.25) is 5.91 Å². The van der Waals surface area contributed by atoms with Crippen LogP contribution in [0.4, 0.5) is 0 Å². The zero-order chi connectivity index (χ0) is 13.6. The lowest BCUT2D eigenvalue weighted by Gasteiger charge is -2.27. The molecule has 0 radical (unpaired) electrons. The highest BCUT2D eigenvalue weighted by molar-refractivity contribution is 7.09. The van der Waals surface area contributed by atoms with E-state index in [0.717, 1.165) is 30.1 Å². The molecule has 1 heterocycles. The number of carbonyl (C=O) groups excluding carboxylic acids is 1. The Hall–Kier alpha value is -0.360. The van der Waals surface area contributed by atoms with Gasteiger partial charge in [-0.3, -0.25) is 4.79 Å². The molecule has 118 valence electrons. The van der Waals surface area contributed by atoms with E-state index >= 15 is 0 Å². The molecule has 7 heteroatoms. The van der Waals surface area contributed by atoms with Gasteiger partial charge < -0.3 is 10.6 Å². The molecule has 1 aromatic rings. The van der Waals surface area contributed by atoms with E-state index in [1.165, 1.54) is 0 Å². The molecule has 0 aliphatic carbocycles. The molecule has 4 nitrogen and oxygen atoms in total. The van der Waals surface area contributed by atoms with Gasteiger partial charge in [-0.05, 0) is 40.3 Å². The monoisotopic (exact) mass is 341 g/mol. The standard InChI is InChI=1S/C13H23N3OS.2ClH/c1-5-13(3,12-15-10(2)9-18-12)16-11(17)7-6-8-14-4;;/h9,14H,5-8H2,1-4H3,(H,16,17);2*1H. The molecule has 0 aromatic carbocycles. The SMILES string of the molecule is CCC(C)(NC(=O)CCCNC)c1nc(C)cs1.Cl.Cl. The minimum Gasteiger partial charge on any atom is -0.344 e. The molecular weight excluding hydrogens is 317 g/mol. The summed E-state index contributed by atoms with van der Waals surface area (Å²) in [5.74, 6) is 0.0995. The number of thiazole rings is 1. The van der Waals surface area contributed by atoms with Gasteiger partial charge in [-0.25, -0.2) is 4.98 Å². The number of aryl methyl sites for hydroxylation is 1. The zero-order valence-corrected chi connectivity index (χ0v) is 14.9. The Bertz CT molecular complexity index is 401. The molecular formula is C13H25Cl2N3OS. The number of nitrogens with zero attached hydrogens (tertiary/aromatic N) is 1. The van der Waals surface area contributed by atoms with Crippen LogP contribution >= 0.6 is 36.2 Å². The van der Waals surface area contributed by atoms with Crippen molar-refractivity contribution in [3.63, 3.8) is 0 Å². The summed E-state index contributed by atoms with van der Waals surface area (Å²) in [4.78, 5) is 16.4. The Morgan fingerprint density at radius 3 is 2.55 bits per heavy atom. The van der Waals surface area contributed by atoms with Crippen molar-refractivity contribution in [1.29, 1.82) is 0 Å². The Labute approximate surface area is 138 Å². The lowest BCUT2D eigenvalue weighted by Crippen LogP contribution is -2.43. The number of nitrogens with one attached hydrogen (secondary N) is 2. The second kappa shape index (κ2) is 10.4. The summed E-state index contributed by atoms with van der Waals surface area (Å²) in [5, 5.41) is 9.17. The van der Waals surface area contributed by atoms with Crippen molar-refractivity contribution in [2.24, 2.45) is 0 Å². The third-order valence-electron chi connectivity index (χ3n) is 3.04. The van der Waals surface area contributed by atoms with E-state index in [1.807, 2.05) is 26.3 Å². The van der Waals surface area contributed by atoms with E-state index in [9.17, 15) is 4.79 Å². The number of carbonyl (C=O) groups is 1. The van der Waals surface area contributed by atoms with Crippen molar-refractivity contribution in [2.75, 3.05) is 13.6 Å². The molecule has 1 amide bonds. The third kappa shape index (κ3) is 6.39. The molecule has 1 rings (SSSR count). The maximum absolute atomic E-state index is 11.9. The molecule has 0 saturated carbocycles. The molecule has 0 fully saturated rings. The first-order chi connectivity index (χ1) is 8.51. The number of halogens is 2. The van der Waals surface area contributed by atoms with Gasteiger partial charge in [0.25, 0.3) is 0 Å². The molecule has 0 spiro atoms. The van der Waals surface area contributed by atoms with Crippen LogP contribution in [0, 0.1) is 6.92 Å². The van der Waals surface area contributed by atoms with Gasteiger partial charge in [0, 0.05) is 17.5 Å². The fraction of sp³-hybridized carbons (Fsp3) is 0.692. The maximum atomic E-state index is 11.9. The highest BCUT2D eigenvalue weighted by Gasteiger charge is 2.29. The Balaban J connectivity index is 0. The van der Waals surface area contributed by atoms with E-state index in [-0.39, 0.29) is 36.3 Å². The molecule has 0 bridgehead atoms. The van der Waals surface area contributed by atoms with Crippen molar-refractivity contribution >= 4 is 42.1 Å². The summed E-state index contributed by atoms with van der Waals surface area (Å²) in [6, 6.07) is 0. The van der Waals surface area contributed by atoms with Crippen LogP contribution in [0.2, 0.25) is 0 Å². The summed E-state index contributed by atoms with van der Waals surface area (Å²) >= 11 is 1.61. The predicted molar refractivity (Wildman–Crippen MR) is 90.3 cm³/mol. The van der Waals surface area contributed by atoms with E-state index < -0.39 is 0 Å². The maximum Gasteiger partial charge on any atom is 0.220 e. The van der Waals surface area contributed by atoms with Crippen LogP contribution < -0.4 is 10.6 Å². The normalized spacial score (nSPS) is 12.8. The van der Waals surface area contributed by atoms with Crippen LogP contribution in [0.25, 0.3) is 0 Å². The van der Waals surface area contributed by atoms with Crippen LogP contribution in [0.5, 0.6) is 0 Å². The van der Waals surface area contributed by atoms with Gasteiger partial charge >= 0.3 is 0 Å². The van der Waals surface area contributed by atoms with Crippen molar-refractivity contribution in [2.45, 2.75) is 45.6 Å². The molecule has 0 aliphatic heterocycles. The van der Waals surface area contributed by atoms with Crippen molar-refractivity contribution in [1.82, 2.24) is 15.6 Å². The first-order valence-corrected chi connectivity index (χ1v) is 7.28. The molecule has 0 aliphatic rings. The lowest BCUT2D eigenvalue weighted by molar-refractivity contribution is -0.123. The highest BCUT2D eigenvalue weighted by atomic mass is 35.5. The number of amides is 1. The quantitative estimate of drug-likeness (QED) is 0.749. The molecule has 0 saturated heterocycles. The van der Waals surface area contributed by atoms with Gasteiger partial charge in [-0.2, -0.15) is 0 Å². The second-order valence-corrected chi connectivity index (χ2v) is 5.59. The average Bonchev–Trinajstić information content (AvgIpc) is 2.76. The largest absolute Gasteiger partial charge is 0.344 e. The molecule has 1 unspecified atom stereocenters. The van der Waals surface area contributed by atoms with Gasteiger partial charge in [-0.1, -0.05) is 6.92 Å². The van der Waals surface area contributed by atoms with Gasteiger partial charge in [0.15, 0.2) is 0 Å². The van der Waals surface area contributed by atoms with Crippen molar-refractivity contribution in [3.05, 3.63) is 16.1 Å². The van der Waals surface area contributed by atoms with Gasteiger partial charge in [0.1, 0.15) is 5.01 Å². The highest BCUT2D eigenvalue weighted by Crippen LogP contribution is 2.27. The number of rotatable bonds is 7. The summed E-state index contributed by atoms with van der Waals surface area (Å²) in [6.45, 7) is 6.96. The lowest BCUT2D eigenvalue weighted by atomic mass is 9.99. The number of hydrogen-bond acceptors (Lipinski definition) is 4. The molecule has 1 aromatic heterocycles. The average molecular weight is 342 g/mol. The molecule has 2 N–H and O–H groups in total. The summed E-state index contributed by atoms with van der Waals surface area (Å²) < 4.78 is 0. The Morgan fingerprint density at radius 2 is 2.10 bits per heavy atom. The zero-order valence-electron chi connectivity index (χ0n) is 12.5. The minimum absolute atomic E-state index is 0. The van der Waals surface area contributed by atoms with Crippen LogP contribution in [0.1, 0.15) is 43.8 Å². The van der Waals surface area contributed by atoms with Gasteiger partial charge in [0.05, 0.1) is 5.54 Å². The van der Waals surface area contributed by atoms with Crippen LogP contribution in [-0.2, 0) is 10.3 Å². The number of hydrogen-bond donors (Lipinski definition) is 2. The summed E-state index contributed by atoms with van der Waals surface area (Å²) in [7, 11) is 1.90. The van der Waals surface area contributed by atoms with E-state index in [1.54, 1.807) is 11.3 Å². The van der Waals surface area contributed by atoms with E-state index in [2.05, 4.69) is 22.5 Å². The fourth-order valence-electron chi connectivity index (χ4n) is 1.70. The predicted octanol–water partition coefficient (Wildman–Crippen LogP) is 3.04. The van der Waals surface area contributed by atoms with E-state index in [4.69, 9.17) is 0 Å².